The fraction of sp³-hybridized carbons (Fsp3) is 0.435. The number of hydrogen-bond donors (Lipinski definition) is 1. The molecule has 1 amide bonds. The van der Waals surface area contributed by atoms with Gasteiger partial charge < -0.3 is 5.32 Å². The van der Waals surface area contributed by atoms with Gasteiger partial charge in [-0.3, -0.25) is 9.69 Å². The molecule has 2 aromatic rings. The van der Waals surface area contributed by atoms with E-state index >= 15 is 0 Å². The van der Waals surface area contributed by atoms with Gasteiger partial charge >= 0.3 is 0 Å². The van der Waals surface area contributed by atoms with Gasteiger partial charge in [0.25, 0.3) is 0 Å². The number of benzene rings is 2. The maximum atomic E-state index is 13.1. The Bertz CT molecular complexity index is 1000. The van der Waals surface area contributed by atoms with Crippen molar-refractivity contribution in [1.29, 1.82) is 0 Å². The zero-order valence-electron chi connectivity index (χ0n) is 17.4. The first kappa shape index (κ1) is 21.0. The molecule has 1 aliphatic heterocycles. The number of nitrogens with zero attached hydrogens (tertiary/aromatic N) is 2. The van der Waals surface area contributed by atoms with E-state index in [2.05, 4.69) is 10.2 Å². The number of para-hydroxylation sites is 1. The van der Waals surface area contributed by atoms with Crippen LogP contribution in [0, 0.1) is 0 Å². The monoisotopic (exact) mass is 427 g/mol. The van der Waals surface area contributed by atoms with Crippen molar-refractivity contribution in [3.63, 3.8) is 0 Å². The standard InChI is InChI=1S/C23H29N3O3S/c1-2-22(23(27)24-20-9-4-3-5-10-20)25-13-15-26(16-14-25)30(28,29)21-12-11-18-7-6-8-19(18)17-21/h3-5,9-12,17,22H,2,6-8,13-16H2,1H3,(H,24,27)/t22-/m0/s1. The fourth-order valence-corrected chi connectivity index (χ4v) is 5.94. The van der Waals surface area contributed by atoms with Gasteiger partial charge in [-0.1, -0.05) is 31.2 Å². The average Bonchev–Trinajstić information content (AvgIpc) is 3.23. The van der Waals surface area contributed by atoms with Crippen LogP contribution in [0.1, 0.15) is 30.9 Å². The molecule has 4 rings (SSSR count). The zero-order chi connectivity index (χ0) is 21.1. The number of nitrogens with one attached hydrogen (secondary N) is 1. The highest BCUT2D eigenvalue weighted by atomic mass is 32.2. The summed E-state index contributed by atoms with van der Waals surface area (Å²) in [6.45, 7) is 3.88. The molecule has 1 N–H and O–H groups in total. The van der Waals surface area contributed by atoms with E-state index in [1.54, 1.807) is 10.4 Å². The van der Waals surface area contributed by atoms with Crippen LogP contribution in [0.3, 0.4) is 0 Å². The summed E-state index contributed by atoms with van der Waals surface area (Å²) in [6.07, 6.45) is 3.77. The van der Waals surface area contributed by atoms with Gasteiger partial charge in [0.2, 0.25) is 15.9 Å². The molecule has 0 saturated carbocycles. The Balaban J connectivity index is 1.40. The van der Waals surface area contributed by atoms with Crippen molar-refractivity contribution in [1.82, 2.24) is 9.21 Å². The summed E-state index contributed by atoms with van der Waals surface area (Å²) >= 11 is 0. The van der Waals surface area contributed by atoms with Crippen LogP contribution in [0.25, 0.3) is 0 Å². The SMILES string of the molecule is CC[C@@H](C(=O)Nc1ccccc1)N1CCN(S(=O)(=O)c2ccc3c(c2)CCC3)CC1. The lowest BCUT2D eigenvalue weighted by Gasteiger charge is -2.37. The van der Waals surface area contributed by atoms with Gasteiger partial charge in [-0.2, -0.15) is 4.31 Å². The number of aryl methyl sites for hydroxylation is 2. The van der Waals surface area contributed by atoms with Gasteiger partial charge in [0.15, 0.2) is 0 Å². The van der Waals surface area contributed by atoms with Gasteiger partial charge in [0, 0.05) is 31.9 Å². The van der Waals surface area contributed by atoms with Crippen LogP contribution < -0.4 is 5.32 Å². The van der Waals surface area contributed by atoms with E-state index in [0.29, 0.717) is 37.5 Å². The Morgan fingerprint density at radius 1 is 1.00 bits per heavy atom. The third-order valence-corrected chi connectivity index (χ3v) is 8.05. The topological polar surface area (TPSA) is 69.7 Å². The molecule has 1 aliphatic carbocycles. The molecule has 1 fully saturated rings. The summed E-state index contributed by atoms with van der Waals surface area (Å²) in [5.41, 5.74) is 3.21. The van der Waals surface area contributed by atoms with Crippen molar-refractivity contribution in [2.24, 2.45) is 0 Å². The minimum atomic E-state index is -3.50. The van der Waals surface area contributed by atoms with Gasteiger partial charge in [-0.05, 0) is 61.1 Å². The number of rotatable bonds is 6. The molecule has 6 nitrogen and oxygen atoms in total. The van der Waals surface area contributed by atoms with Crippen molar-refractivity contribution in [2.75, 3.05) is 31.5 Å². The highest BCUT2D eigenvalue weighted by molar-refractivity contribution is 7.89. The maximum Gasteiger partial charge on any atom is 0.243 e. The number of piperazine rings is 1. The van der Waals surface area contributed by atoms with Crippen LogP contribution in [0.15, 0.2) is 53.4 Å². The zero-order valence-corrected chi connectivity index (χ0v) is 18.2. The number of carbonyl (C=O) groups excluding carboxylic acids is 1. The number of fused-ring (bicyclic) bond motifs is 1. The molecule has 1 saturated heterocycles. The van der Waals surface area contributed by atoms with E-state index in [1.165, 1.54) is 11.1 Å². The van der Waals surface area contributed by atoms with Crippen LogP contribution in [-0.2, 0) is 27.7 Å². The molecule has 1 heterocycles. The van der Waals surface area contributed by atoms with E-state index in [0.717, 1.165) is 24.9 Å². The highest BCUT2D eigenvalue weighted by Gasteiger charge is 2.33. The first-order valence-electron chi connectivity index (χ1n) is 10.7. The molecule has 160 valence electrons. The Morgan fingerprint density at radius 2 is 1.70 bits per heavy atom. The fourth-order valence-electron chi connectivity index (χ4n) is 4.47. The molecule has 0 bridgehead atoms. The molecule has 2 aromatic carbocycles. The van der Waals surface area contributed by atoms with Crippen LogP contribution in [0.4, 0.5) is 5.69 Å². The smallest absolute Gasteiger partial charge is 0.243 e. The van der Waals surface area contributed by atoms with Crippen molar-refractivity contribution >= 4 is 21.6 Å². The Hall–Kier alpha value is -2.22. The first-order chi connectivity index (χ1) is 14.5. The minimum Gasteiger partial charge on any atom is -0.325 e. The maximum absolute atomic E-state index is 13.1. The van der Waals surface area contributed by atoms with Crippen LogP contribution in [-0.4, -0.2) is 55.8 Å². The molecule has 7 heteroatoms. The van der Waals surface area contributed by atoms with Crippen molar-refractivity contribution in [3.05, 3.63) is 59.7 Å². The highest BCUT2D eigenvalue weighted by Crippen LogP contribution is 2.27. The quantitative estimate of drug-likeness (QED) is 0.770. The lowest BCUT2D eigenvalue weighted by molar-refractivity contribution is -0.121. The molecule has 0 unspecified atom stereocenters. The molecule has 30 heavy (non-hydrogen) atoms. The van der Waals surface area contributed by atoms with Crippen molar-refractivity contribution in [3.8, 4) is 0 Å². The summed E-state index contributed by atoms with van der Waals surface area (Å²) in [6, 6.07) is 14.7. The Kier molecular flexibility index (Phi) is 6.22. The van der Waals surface area contributed by atoms with Crippen molar-refractivity contribution < 1.29 is 13.2 Å². The second kappa shape index (κ2) is 8.88. The minimum absolute atomic E-state index is 0.0429. The number of sulfonamides is 1. The lowest BCUT2D eigenvalue weighted by Crippen LogP contribution is -2.54. The molecule has 0 spiro atoms. The second-order valence-electron chi connectivity index (χ2n) is 8.00. The summed E-state index contributed by atoms with van der Waals surface area (Å²) in [4.78, 5) is 15.3. The van der Waals surface area contributed by atoms with E-state index in [4.69, 9.17) is 0 Å². The molecule has 0 radical (unpaired) electrons. The molecular weight excluding hydrogens is 398 g/mol. The van der Waals surface area contributed by atoms with Gasteiger partial charge in [0.1, 0.15) is 0 Å². The molecular formula is C23H29N3O3S. The Labute approximate surface area is 178 Å². The average molecular weight is 428 g/mol. The van der Waals surface area contributed by atoms with Gasteiger partial charge in [-0.25, -0.2) is 8.42 Å². The molecule has 2 aliphatic rings. The van der Waals surface area contributed by atoms with Crippen LogP contribution in [0.5, 0.6) is 0 Å². The number of anilines is 1. The van der Waals surface area contributed by atoms with E-state index in [1.807, 2.05) is 49.4 Å². The number of carbonyl (C=O) groups is 1. The van der Waals surface area contributed by atoms with E-state index < -0.39 is 10.0 Å². The second-order valence-corrected chi connectivity index (χ2v) is 9.94. The van der Waals surface area contributed by atoms with E-state index in [9.17, 15) is 13.2 Å². The summed E-state index contributed by atoms with van der Waals surface area (Å²) in [7, 11) is -3.50. The summed E-state index contributed by atoms with van der Waals surface area (Å²) in [5, 5.41) is 2.97. The third kappa shape index (κ3) is 4.29. The lowest BCUT2D eigenvalue weighted by atomic mass is 10.1. The predicted molar refractivity (Wildman–Crippen MR) is 118 cm³/mol. The Morgan fingerprint density at radius 3 is 2.40 bits per heavy atom. The molecule has 1 atom stereocenters. The van der Waals surface area contributed by atoms with Crippen LogP contribution in [0.2, 0.25) is 0 Å². The number of amides is 1. The molecule has 0 aromatic heterocycles. The third-order valence-electron chi connectivity index (χ3n) is 6.15. The van der Waals surface area contributed by atoms with Crippen LogP contribution >= 0.6 is 0 Å². The summed E-state index contributed by atoms with van der Waals surface area (Å²) < 4.78 is 27.8. The van der Waals surface area contributed by atoms with Gasteiger partial charge in [0.05, 0.1) is 10.9 Å². The predicted octanol–water partition coefficient (Wildman–Crippen LogP) is 2.90. The normalized spacial score (nSPS) is 18.7. The first-order valence-corrected chi connectivity index (χ1v) is 12.1. The van der Waals surface area contributed by atoms with Gasteiger partial charge in [-0.15, -0.1) is 0 Å². The number of hydrogen-bond acceptors (Lipinski definition) is 4. The van der Waals surface area contributed by atoms with E-state index in [-0.39, 0.29) is 11.9 Å². The van der Waals surface area contributed by atoms with Crippen molar-refractivity contribution in [2.45, 2.75) is 43.5 Å². The largest absolute Gasteiger partial charge is 0.325 e. The summed E-state index contributed by atoms with van der Waals surface area (Å²) in [5.74, 6) is -0.0429.